The lowest BCUT2D eigenvalue weighted by Gasteiger charge is -2.09. The van der Waals surface area contributed by atoms with Gasteiger partial charge in [0.25, 0.3) is 5.69 Å². The van der Waals surface area contributed by atoms with Crippen LogP contribution in [-0.2, 0) is 5.33 Å². The second kappa shape index (κ2) is 6.43. The molecule has 0 heterocycles. The molecule has 0 radical (unpaired) electrons. The molecule has 0 fully saturated rings. The number of alkyl halides is 1. The third-order valence-corrected chi connectivity index (χ3v) is 3.77. The van der Waals surface area contributed by atoms with Gasteiger partial charge in [-0.05, 0) is 23.8 Å². The summed E-state index contributed by atoms with van der Waals surface area (Å²) in [6.07, 6.45) is 0. The minimum Gasteiger partial charge on any atom is -0.456 e. The Morgan fingerprint density at radius 1 is 1.15 bits per heavy atom. The van der Waals surface area contributed by atoms with Crippen LogP contribution in [0.25, 0.3) is 0 Å². The summed E-state index contributed by atoms with van der Waals surface area (Å²) < 4.78 is 5.57. The molecule has 7 heteroatoms. The van der Waals surface area contributed by atoms with Crippen LogP contribution in [-0.4, -0.2) is 4.92 Å². The molecule has 0 saturated heterocycles. The molecule has 2 rings (SSSR count). The predicted octanol–water partition coefficient (Wildman–Crippen LogP) is 5.59. The molecule has 0 spiro atoms. The van der Waals surface area contributed by atoms with E-state index < -0.39 is 4.92 Å². The number of benzene rings is 2. The Labute approximate surface area is 133 Å². The predicted molar refractivity (Wildman–Crippen MR) is 82.3 cm³/mol. The fraction of sp³-hybridized carbons (Fsp3) is 0.0769. The molecular weight excluding hydrogens is 369 g/mol. The van der Waals surface area contributed by atoms with E-state index in [4.69, 9.17) is 27.9 Å². The lowest BCUT2D eigenvalue weighted by atomic mass is 10.2. The number of non-ortho nitro benzene ring substituents is 1. The molecule has 2 aromatic rings. The highest BCUT2D eigenvalue weighted by molar-refractivity contribution is 9.08. The van der Waals surface area contributed by atoms with Crippen LogP contribution in [0, 0.1) is 10.1 Å². The first kappa shape index (κ1) is 15.1. The molecule has 0 unspecified atom stereocenters. The molecule has 0 aliphatic carbocycles. The number of nitro benzene ring substituents is 1. The van der Waals surface area contributed by atoms with Crippen LogP contribution in [0.4, 0.5) is 5.69 Å². The topological polar surface area (TPSA) is 52.4 Å². The van der Waals surface area contributed by atoms with Gasteiger partial charge in [-0.25, -0.2) is 0 Å². The van der Waals surface area contributed by atoms with Crippen molar-refractivity contribution in [3.63, 3.8) is 0 Å². The summed E-state index contributed by atoms with van der Waals surface area (Å²) in [5.41, 5.74) is 0.851. The standard InChI is InChI=1S/C13H8BrCl2NO3/c14-7-8-1-3-10(6-11(8)15)20-13-4-2-9(17(18)19)5-12(13)16/h1-6H,7H2. The van der Waals surface area contributed by atoms with Crippen molar-refractivity contribution >= 4 is 44.8 Å². The summed E-state index contributed by atoms with van der Waals surface area (Å²) in [5, 5.41) is 12.0. The Morgan fingerprint density at radius 2 is 1.90 bits per heavy atom. The minimum absolute atomic E-state index is 0.0879. The lowest BCUT2D eigenvalue weighted by Crippen LogP contribution is -1.90. The molecule has 0 aliphatic rings. The number of nitro groups is 1. The highest BCUT2D eigenvalue weighted by Crippen LogP contribution is 2.34. The third-order valence-electron chi connectivity index (χ3n) is 2.52. The van der Waals surface area contributed by atoms with Gasteiger partial charge in [0, 0.05) is 22.5 Å². The fourth-order valence-corrected chi connectivity index (χ4v) is 2.61. The minimum atomic E-state index is -0.517. The zero-order valence-corrected chi connectivity index (χ0v) is 13.1. The maximum absolute atomic E-state index is 10.6. The van der Waals surface area contributed by atoms with Crippen LogP contribution in [0.3, 0.4) is 0 Å². The number of nitrogens with zero attached hydrogens (tertiary/aromatic N) is 1. The Balaban J connectivity index is 2.26. The molecule has 104 valence electrons. The molecular formula is C13H8BrCl2NO3. The summed E-state index contributed by atoms with van der Waals surface area (Å²) in [7, 11) is 0. The van der Waals surface area contributed by atoms with Crippen molar-refractivity contribution in [1.82, 2.24) is 0 Å². The number of rotatable bonds is 4. The van der Waals surface area contributed by atoms with Crippen molar-refractivity contribution < 1.29 is 9.66 Å². The molecule has 4 nitrogen and oxygen atoms in total. The van der Waals surface area contributed by atoms with Gasteiger partial charge in [-0.1, -0.05) is 45.2 Å². The van der Waals surface area contributed by atoms with E-state index >= 15 is 0 Å². The van der Waals surface area contributed by atoms with Gasteiger partial charge in [-0.3, -0.25) is 10.1 Å². The number of halogens is 3. The van der Waals surface area contributed by atoms with Gasteiger partial charge in [-0.2, -0.15) is 0 Å². The van der Waals surface area contributed by atoms with Crippen LogP contribution in [0.1, 0.15) is 5.56 Å². The first-order chi connectivity index (χ1) is 9.51. The van der Waals surface area contributed by atoms with Crippen molar-refractivity contribution in [2.24, 2.45) is 0 Å². The molecule has 0 amide bonds. The second-order valence-corrected chi connectivity index (χ2v) is 5.24. The maximum atomic E-state index is 10.6. The first-order valence-corrected chi connectivity index (χ1v) is 7.35. The van der Waals surface area contributed by atoms with Crippen molar-refractivity contribution in [2.75, 3.05) is 0 Å². The second-order valence-electron chi connectivity index (χ2n) is 3.86. The van der Waals surface area contributed by atoms with E-state index in [2.05, 4.69) is 15.9 Å². The molecule has 0 bridgehead atoms. The largest absolute Gasteiger partial charge is 0.456 e. The van der Waals surface area contributed by atoms with Gasteiger partial charge in [-0.15, -0.1) is 0 Å². The third kappa shape index (κ3) is 3.42. The van der Waals surface area contributed by atoms with Crippen LogP contribution in [0.2, 0.25) is 10.0 Å². The zero-order valence-electron chi connectivity index (χ0n) is 9.98. The summed E-state index contributed by atoms with van der Waals surface area (Å²) >= 11 is 15.3. The van der Waals surface area contributed by atoms with Crippen LogP contribution in [0.5, 0.6) is 11.5 Å². The SMILES string of the molecule is O=[N+]([O-])c1ccc(Oc2ccc(CBr)c(Cl)c2)c(Cl)c1. The monoisotopic (exact) mass is 375 g/mol. The highest BCUT2D eigenvalue weighted by atomic mass is 79.9. The average molecular weight is 377 g/mol. The van der Waals surface area contributed by atoms with Crippen molar-refractivity contribution in [3.05, 3.63) is 62.1 Å². The van der Waals surface area contributed by atoms with Gasteiger partial charge in [0.15, 0.2) is 0 Å². The van der Waals surface area contributed by atoms with E-state index in [9.17, 15) is 10.1 Å². The zero-order chi connectivity index (χ0) is 14.7. The quantitative estimate of drug-likeness (QED) is 0.397. The lowest BCUT2D eigenvalue weighted by molar-refractivity contribution is -0.384. The smallest absolute Gasteiger partial charge is 0.271 e. The maximum Gasteiger partial charge on any atom is 0.271 e. The molecule has 0 aromatic heterocycles. The van der Waals surface area contributed by atoms with E-state index in [-0.39, 0.29) is 10.7 Å². The normalized spacial score (nSPS) is 10.3. The molecule has 20 heavy (non-hydrogen) atoms. The Kier molecular flexibility index (Phi) is 4.86. The van der Waals surface area contributed by atoms with Gasteiger partial charge in [0.1, 0.15) is 11.5 Å². The van der Waals surface area contributed by atoms with E-state index in [1.807, 2.05) is 6.07 Å². The van der Waals surface area contributed by atoms with Crippen molar-refractivity contribution in [3.8, 4) is 11.5 Å². The van der Waals surface area contributed by atoms with Crippen LogP contribution < -0.4 is 4.74 Å². The molecule has 0 aliphatic heterocycles. The summed E-state index contributed by atoms with van der Waals surface area (Å²) in [6.45, 7) is 0. The number of hydrogen-bond donors (Lipinski definition) is 0. The van der Waals surface area contributed by atoms with Crippen LogP contribution in [0.15, 0.2) is 36.4 Å². The Bertz CT molecular complexity index is 664. The van der Waals surface area contributed by atoms with E-state index in [0.717, 1.165) is 5.56 Å². The number of hydrogen-bond acceptors (Lipinski definition) is 3. The Hall–Kier alpha value is -1.30. The molecule has 0 saturated carbocycles. The molecule has 2 aromatic carbocycles. The van der Waals surface area contributed by atoms with Gasteiger partial charge in [0.2, 0.25) is 0 Å². The van der Waals surface area contributed by atoms with Crippen LogP contribution >= 0.6 is 39.1 Å². The highest BCUT2D eigenvalue weighted by Gasteiger charge is 2.11. The van der Waals surface area contributed by atoms with E-state index in [1.165, 1.54) is 18.2 Å². The summed E-state index contributed by atoms with van der Waals surface area (Å²) in [4.78, 5) is 10.1. The summed E-state index contributed by atoms with van der Waals surface area (Å²) in [6, 6.07) is 9.26. The number of ether oxygens (including phenoxy) is 1. The average Bonchev–Trinajstić information content (AvgIpc) is 2.41. The van der Waals surface area contributed by atoms with Gasteiger partial charge < -0.3 is 4.74 Å². The van der Waals surface area contributed by atoms with Gasteiger partial charge >= 0.3 is 0 Å². The van der Waals surface area contributed by atoms with Crippen molar-refractivity contribution in [2.45, 2.75) is 5.33 Å². The Morgan fingerprint density at radius 3 is 2.45 bits per heavy atom. The molecule has 0 N–H and O–H groups in total. The molecule has 0 atom stereocenters. The first-order valence-electron chi connectivity index (χ1n) is 5.47. The van der Waals surface area contributed by atoms with E-state index in [0.29, 0.717) is 21.9 Å². The fourth-order valence-electron chi connectivity index (χ4n) is 1.51. The van der Waals surface area contributed by atoms with E-state index in [1.54, 1.807) is 12.1 Å². The van der Waals surface area contributed by atoms with Gasteiger partial charge in [0.05, 0.1) is 9.95 Å². The summed E-state index contributed by atoms with van der Waals surface area (Å²) in [5.74, 6) is 0.843. The van der Waals surface area contributed by atoms with Crippen molar-refractivity contribution in [1.29, 1.82) is 0 Å².